The molecule has 0 fully saturated rings. The molecule has 2 rings (SSSR count). The smallest absolute Gasteiger partial charge is 0.337 e. The summed E-state index contributed by atoms with van der Waals surface area (Å²) in [6.45, 7) is 3.13. The second-order valence-corrected chi connectivity index (χ2v) is 8.02. The third kappa shape index (κ3) is 7.19. The quantitative estimate of drug-likeness (QED) is 0.419. The zero-order chi connectivity index (χ0) is 23.1. The van der Waals surface area contributed by atoms with Crippen LogP contribution in [0.2, 0.25) is 10.0 Å². The Morgan fingerprint density at radius 2 is 1.65 bits per heavy atom. The minimum atomic E-state index is -1.81. The minimum absolute atomic E-state index is 0.0501. The number of nitrogens with two attached hydrogens (primary N) is 1. The van der Waals surface area contributed by atoms with Crippen molar-refractivity contribution in [3.63, 3.8) is 0 Å². The lowest BCUT2D eigenvalue weighted by atomic mass is 9.95. The highest BCUT2D eigenvalue weighted by molar-refractivity contribution is 6.35. The van der Waals surface area contributed by atoms with Crippen molar-refractivity contribution in [1.29, 1.82) is 0 Å². The van der Waals surface area contributed by atoms with Crippen LogP contribution < -0.4 is 11.1 Å². The Balaban J connectivity index is 2.22. The second-order valence-electron chi connectivity index (χ2n) is 7.15. The molecule has 9 heteroatoms. The van der Waals surface area contributed by atoms with Crippen molar-refractivity contribution in [2.45, 2.75) is 44.6 Å². The molecular formula is C22H26Cl2N2O5. The van der Waals surface area contributed by atoms with Crippen LogP contribution in [0.3, 0.4) is 0 Å². The molecule has 2 aromatic rings. The third-order valence-electron chi connectivity index (χ3n) is 4.61. The van der Waals surface area contributed by atoms with Gasteiger partial charge in [0.1, 0.15) is 6.10 Å². The fraction of sp³-hybridized carbons (Fsp3) is 0.364. The molecule has 5 N–H and O–H groups in total. The minimum Gasteiger partial charge on any atom is -0.464 e. The fourth-order valence-corrected chi connectivity index (χ4v) is 3.49. The number of halogens is 2. The normalized spacial score (nSPS) is 14.9. The van der Waals surface area contributed by atoms with Crippen LogP contribution in [-0.2, 0) is 20.7 Å². The third-order valence-corrected chi connectivity index (χ3v) is 5.05. The van der Waals surface area contributed by atoms with Crippen molar-refractivity contribution in [2.75, 3.05) is 6.61 Å². The largest absolute Gasteiger partial charge is 0.464 e. The summed E-state index contributed by atoms with van der Waals surface area (Å²) in [5.41, 5.74) is 8.06. The Bertz CT molecular complexity index is 885. The first-order valence-electron chi connectivity index (χ1n) is 9.76. The zero-order valence-electron chi connectivity index (χ0n) is 17.2. The summed E-state index contributed by atoms with van der Waals surface area (Å²) in [6.07, 6.45) is -3.26. The molecule has 1 amide bonds. The molecule has 0 aliphatic carbocycles. The van der Waals surface area contributed by atoms with E-state index in [0.29, 0.717) is 10.0 Å². The maximum Gasteiger partial charge on any atom is 0.337 e. The number of hydrogen-bond donors (Lipinski definition) is 4. The van der Waals surface area contributed by atoms with E-state index in [1.165, 1.54) is 6.92 Å². The summed E-state index contributed by atoms with van der Waals surface area (Å²) >= 11 is 12.1. The zero-order valence-corrected chi connectivity index (χ0v) is 18.7. The Hall–Kier alpha value is -2.16. The molecule has 2 aromatic carbocycles. The number of carbonyl (C=O) groups excluding carboxylic acids is 2. The molecule has 168 valence electrons. The second kappa shape index (κ2) is 11.5. The maximum absolute atomic E-state index is 12.1. The van der Waals surface area contributed by atoms with Gasteiger partial charge in [0.05, 0.1) is 18.7 Å². The van der Waals surface area contributed by atoms with Crippen LogP contribution in [0.25, 0.3) is 11.1 Å². The van der Waals surface area contributed by atoms with Gasteiger partial charge in [0.15, 0.2) is 6.10 Å². The number of benzene rings is 2. The molecule has 0 aliphatic rings. The first-order valence-corrected chi connectivity index (χ1v) is 10.5. The van der Waals surface area contributed by atoms with Gasteiger partial charge in [-0.25, -0.2) is 4.79 Å². The molecule has 7 nitrogen and oxygen atoms in total. The van der Waals surface area contributed by atoms with E-state index in [1.54, 1.807) is 37.3 Å². The predicted octanol–water partition coefficient (Wildman–Crippen LogP) is 2.32. The number of rotatable bonds is 9. The van der Waals surface area contributed by atoms with Gasteiger partial charge < -0.3 is 26.0 Å². The Morgan fingerprint density at radius 3 is 2.16 bits per heavy atom. The van der Waals surface area contributed by atoms with Crippen molar-refractivity contribution in [3.05, 3.63) is 58.1 Å². The standard InChI is InChI=1S/C22H26Cl2N2O5/c1-3-31-22(30)20(28)19(27)18(26-21(29)12(2)25)8-13-4-6-14(7-5-13)15-9-16(23)11-17(24)10-15/h4-7,9-12,18-20,27-28H,3,8,25H2,1-2H3,(H,26,29). The molecule has 0 radical (unpaired) electrons. The first kappa shape index (κ1) is 25.1. The van der Waals surface area contributed by atoms with Crippen molar-refractivity contribution in [1.82, 2.24) is 5.32 Å². The van der Waals surface area contributed by atoms with Crippen molar-refractivity contribution in [3.8, 4) is 11.1 Å². The van der Waals surface area contributed by atoms with Gasteiger partial charge in [-0.15, -0.1) is 0 Å². The number of amides is 1. The van der Waals surface area contributed by atoms with Crippen molar-refractivity contribution >= 4 is 35.1 Å². The lowest BCUT2D eigenvalue weighted by Crippen LogP contribution is -2.54. The molecule has 0 saturated carbocycles. The van der Waals surface area contributed by atoms with Gasteiger partial charge in [0, 0.05) is 10.0 Å². The van der Waals surface area contributed by atoms with Gasteiger partial charge >= 0.3 is 5.97 Å². The van der Waals surface area contributed by atoms with E-state index in [9.17, 15) is 19.8 Å². The topological polar surface area (TPSA) is 122 Å². The fourth-order valence-electron chi connectivity index (χ4n) is 2.97. The van der Waals surface area contributed by atoms with E-state index in [4.69, 9.17) is 33.7 Å². The highest BCUT2D eigenvalue weighted by Gasteiger charge is 2.33. The Labute approximate surface area is 191 Å². The maximum atomic E-state index is 12.1. The molecule has 4 atom stereocenters. The molecule has 31 heavy (non-hydrogen) atoms. The predicted molar refractivity (Wildman–Crippen MR) is 120 cm³/mol. The van der Waals surface area contributed by atoms with Crippen LogP contribution in [0.4, 0.5) is 0 Å². The number of nitrogens with one attached hydrogen (secondary N) is 1. The monoisotopic (exact) mass is 468 g/mol. The average molecular weight is 469 g/mol. The molecule has 0 spiro atoms. The van der Waals surface area contributed by atoms with Crippen LogP contribution in [0, 0.1) is 0 Å². The number of aliphatic hydroxyl groups excluding tert-OH is 2. The number of esters is 1. The summed E-state index contributed by atoms with van der Waals surface area (Å²) in [6, 6.07) is 10.7. The van der Waals surface area contributed by atoms with E-state index in [0.717, 1.165) is 16.7 Å². The number of carbonyl (C=O) groups is 2. The highest BCUT2D eigenvalue weighted by atomic mass is 35.5. The summed E-state index contributed by atoms with van der Waals surface area (Å²) in [4.78, 5) is 23.9. The van der Waals surface area contributed by atoms with E-state index in [2.05, 4.69) is 5.32 Å². The number of aliphatic hydroxyl groups is 2. The molecule has 0 aromatic heterocycles. The van der Waals surface area contributed by atoms with Crippen LogP contribution in [0.1, 0.15) is 19.4 Å². The van der Waals surface area contributed by atoms with Crippen LogP contribution in [0.5, 0.6) is 0 Å². The lowest BCUT2D eigenvalue weighted by molar-refractivity contribution is -0.160. The van der Waals surface area contributed by atoms with Crippen LogP contribution >= 0.6 is 23.2 Å². The number of hydrogen-bond acceptors (Lipinski definition) is 6. The SMILES string of the molecule is CCOC(=O)C(O)C(O)C(Cc1ccc(-c2cc(Cl)cc(Cl)c2)cc1)NC(=O)C(C)N. The molecule has 4 unspecified atom stereocenters. The molecular weight excluding hydrogens is 443 g/mol. The van der Waals surface area contributed by atoms with Gasteiger partial charge in [-0.05, 0) is 55.2 Å². The van der Waals surface area contributed by atoms with E-state index >= 15 is 0 Å². The van der Waals surface area contributed by atoms with Gasteiger partial charge in [-0.2, -0.15) is 0 Å². The van der Waals surface area contributed by atoms with Gasteiger partial charge in [0.2, 0.25) is 5.91 Å². The van der Waals surface area contributed by atoms with E-state index < -0.39 is 36.2 Å². The summed E-state index contributed by atoms with van der Waals surface area (Å²) in [5.74, 6) is -1.49. The summed E-state index contributed by atoms with van der Waals surface area (Å²) in [7, 11) is 0. The van der Waals surface area contributed by atoms with Crippen LogP contribution in [0.15, 0.2) is 42.5 Å². The van der Waals surface area contributed by atoms with E-state index in [1.807, 2.05) is 12.1 Å². The van der Waals surface area contributed by atoms with Gasteiger partial charge in [0.25, 0.3) is 0 Å². The Kier molecular flexibility index (Phi) is 9.28. The summed E-state index contributed by atoms with van der Waals surface area (Å²) < 4.78 is 4.75. The number of ether oxygens (including phenoxy) is 1. The van der Waals surface area contributed by atoms with E-state index in [-0.39, 0.29) is 13.0 Å². The van der Waals surface area contributed by atoms with Gasteiger partial charge in [-0.1, -0.05) is 47.5 Å². The first-order chi connectivity index (χ1) is 14.6. The van der Waals surface area contributed by atoms with Crippen molar-refractivity contribution < 1.29 is 24.5 Å². The van der Waals surface area contributed by atoms with Gasteiger partial charge in [-0.3, -0.25) is 4.79 Å². The molecule has 0 aliphatic heterocycles. The molecule has 0 bridgehead atoms. The Morgan fingerprint density at radius 1 is 1.06 bits per heavy atom. The molecule has 0 saturated heterocycles. The summed E-state index contributed by atoms with van der Waals surface area (Å²) in [5, 5.41) is 24.3. The van der Waals surface area contributed by atoms with Crippen LogP contribution in [-0.4, -0.2) is 53.0 Å². The average Bonchev–Trinajstić information content (AvgIpc) is 2.72. The highest BCUT2D eigenvalue weighted by Crippen LogP contribution is 2.27. The molecule has 0 heterocycles. The lowest BCUT2D eigenvalue weighted by Gasteiger charge is -2.27. The van der Waals surface area contributed by atoms with Crippen molar-refractivity contribution in [2.24, 2.45) is 5.73 Å².